The SMILES string of the molecule is CCCCCCC/C=C\C/C=C\CCCCCCCCCCCCCCCCCCCC(=O)NC(CO)C(O)/C=C/CCCCCCCCCCCCCCCCCCCCCCCCCCCCCCC. The van der Waals surface area contributed by atoms with Crippen LogP contribution in [0.3, 0.4) is 0 Å². The van der Waals surface area contributed by atoms with Crippen molar-refractivity contribution in [3.63, 3.8) is 0 Å². The highest BCUT2D eigenvalue weighted by Gasteiger charge is 2.18. The van der Waals surface area contributed by atoms with Gasteiger partial charge in [0, 0.05) is 6.42 Å². The lowest BCUT2D eigenvalue weighted by atomic mass is 10.0. The zero-order valence-corrected chi connectivity index (χ0v) is 49.2. The van der Waals surface area contributed by atoms with Gasteiger partial charge in [-0.25, -0.2) is 0 Å². The van der Waals surface area contributed by atoms with Crippen molar-refractivity contribution in [3.8, 4) is 0 Å². The van der Waals surface area contributed by atoms with Gasteiger partial charge in [0.25, 0.3) is 0 Å². The van der Waals surface area contributed by atoms with E-state index in [4.69, 9.17) is 0 Å². The summed E-state index contributed by atoms with van der Waals surface area (Å²) in [6, 6.07) is -0.623. The zero-order chi connectivity index (χ0) is 52.0. The van der Waals surface area contributed by atoms with Crippen molar-refractivity contribution >= 4 is 5.91 Å². The molecule has 0 aliphatic heterocycles. The maximum atomic E-state index is 12.5. The molecular formula is C68H131NO3. The van der Waals surface area contributed by atoms with Crippen molar-refractivity contribution in [2.45, 2.75) is 386 Å². The van der Waals surface area contributed by atoms with Crippen LogP contribution in [0.1, 0.15) is 373 Å². The maximum Gasteiger partial charge on any atom is 0.220 e. The molecule has 0 radical (unpaired) electrons. The van der Waals surface area contributed by atoms with Gasteiger partial charge < -0.3 is 15.5 Å². The summed E-state index contributed by atoms with van der Waals surface area (Å²) in [6.07, 6.45) is 87.9. The fourth-order valence-corrected chi connectivity index (χ4v) is 10.6. The number of unbranched alkanes of at least 4 members (excludes halogenated alkanes) is 51. The van der Waals surface area contributed by atoms with Crippen LogP contribution in [0.4, 0.5) is 0 Å². The number of carbonyl (C=O) groups is 1. The molecule has 3 N–H and O–H groups in total. The van der Waals surface area contributed by atoms with Crippen LogP contribution in [-0.4, -0.2) is 34.9 Å². The number of hydrogen-bond acceptors (Lipinski definition) is 3. The van der Waals surface area contributed by atoms with Crippen LogP contribution in [0.15, 0.2) is 36.5 Å². The summed E-state index contributed by atoms with van der Waals surface area (Å²) in [5.41, 5.74) is 0. The fourth-order valence-electron chi connectivity index (χ4n) is 10.6. The standard InChI is InChI=1S/C68H131NO3/c1-3-5-7-9-11-13-15-17-19-21-23-25-27-29-31-33-34-36-37-39-41-43-45-47-49-51-53-55-57-59-61-63-67(71)66(65-70)69-68(72)64-62-60-58-56-54-52-50-48-46-44-42-40-38-35-32-30-28-26-24-22-20-18-16-14-12-10-8-6-4-2/h16,18,22,24,61,63,66-67,70-71H,3-15,17,19-21,23,25-60,62,64-65H2,1-2H3,(H,69,72)/b18-16-,24-22-,63-61+. The van der Waals surface area contributed by atoms with Gasteiger partial charge in [-0.2, -0.15) is 0 Å². The molecule has 0 saturated carbocycles. The Morgan fingerprint density at radius 3 is 0.833 bits per heavy atom. The van der Waals surface area contributed by atoms with Gasteiger partial charge in [0.05, 0.1) is 18.8 Å². The predicted molar refractivity (Wildman–Crippen MR) is 322 cm³/mol. The van der Waals surface area contributed by atoms with Crippen molar-refractivity contribution in [1.82, 2.24) is 5.32 Å². The molecule has 1 amide bonds. The molecule has 4 nitrogen and oxygen atoms in total. The molecule has 0 aromatic heterocycles. The molecule has 0 rings (SSSR count). The Morgan fingerprint density at radius 2 is 0.569 bits per heavy atom. The summed E-state index contributed by atoms with van der Waals surface area (Å²) in [5, 5.41) is 23.3. The first-order valence-electron chi connectivity index (χ1n) is 33.2. The fraction of sp³-hybridized carbons (Fsp3) is 0.897. The molecule has 4 heteroatoms. The van der Waals surface area contributed by atoms with Crippen LogP contribution < -0.4 is 5.32 Å². The van der Waals surface area contributed by atoms with E-state index in [1.54, 1.807) is 6.08 Å². The molecule has 0 aliphatic rings. The zero-order valence-electron chi connectivity index (χ0n) is 49.2. The third kappa shape index (κ3) is 59.5. The van der Waals surface area contributed by atoms with Crippen LogP contribution in [0.25, 0.3) is 0 Å². The quantitative estimate of drug-likeness (QED) is 0.0420. The topological polar surface area (TPSA) is 69.6 Å². The van der Waals surface area contributed by atoms with Crippen LogP contribution in [-0.2, 0) is 4.79 Å². The molecule has 72 heavy (non-hydrogen) atoms. The van der Waals surface area contributed by atoms with Gasteiger partial charge >= 0.3 is 0 Å². The average Bonchev–Trinajstić information content (AvgIpc) is 3.39. The molecule has 0 fully saturated rings. The lowest BCUT2D eigenvalue weighted by Gasteiger charge is -2.20. The van der Waals surface area contributed by atoms with E-state index in [1.807, 2.05) is 6.08 Å². The van der Waals surface area contributed by atoms with Crippen molar-refractivity contribution < 1.29 is 15.0 Å². The highest BCUT2D eigenvalue weighted by Crippen LogP contribution is 2.19. The van der Waals surface area contributed by atoms with Crippen LogP contribution in [0.2, 0.25) is 0 Å². The number of carbonyl (C=O) groups excluding carboxylic acids is 1. The number of amides is 1. The first-order valence-corrected chi connectivity index (χ1v) is 33.2. The van der Waals surface area contributed by atoms with E-state index >= 15 is 0 Å². The highest BCUT2D eigenvalue weighted by molar-refractivity contribution is 5.76. The molecule has 0 aliphatic carbocycles. The summed E-state index contributed by atoms with van der Waals surface area (Å²) < 4.78 is 0. The number of rotatable bonds is 62. The number of aliphatic hydroxyl groups is 2. The van der Waals surface area contributed by atoms with Crippen molar-refractivity contribution in [2.24, 2.45) is 0 Å². The molecule has 0 heterocycles. The first-order chi connectivity index (χ1) is 35.7. The third-order valence-corrected chi connectivity index (χ3v) is 15.6. The third-order valence-electron chi connectivity index (χ3n) is 15.6. The Bertz CT molecular complexity index is 1100. The van der Waals surface area contributed by atoms with E-state index in [0.717, 1.165) is 32.1 Å². The van der Waals surface area contributed by atoms with E-state index in [1.165, 1.54) is 321 Å². The number of aliphatic hydroxyl groups excluding tert-OH is 2. The molecule has 2 unspecified atom stereocenters. The monoisotopic (exact) mass is 1010 g/mol. The molecule has 0 aromatic carbocycles. The second-order valence-corrected chi connectivity index (χ2v) is 22.9. The summed E-state index contributed by atoms with van der Waals surface area (Å²) in [7, 11) is 0. The maximum absolute atomic E-state index is 12.5. The molecule has 0 spiro atoms. The Labute approximate surface area is 452 Å². The lowest BCUT2D eigenvalue weighted by Crippen LogP contribution is -2.45. The molecule has 0 aromatic rings. The minimum Gasteiger partial charge on any atom is -0.394 e. The van der Waals surface area contributed by atoms with Gasteiger partial charge in [-0.15, -0.1) is 0 Å². The van der Waals surface area contributed by atoms with E-state index < -0.39 is 12.1 Å². The highest BCUT2D eigenvalue weighted by atomic mass is 16.3. The average molecular weight is 1010 g/mol. The molecule has 0 saturated heterocycles. The van der Waals surface area contributed by atoms with E-state index in [9.17, 15) is 15.0 Å². The van der Waals surface area contributed by atoms with Crippen molar-refractivity contribution in [3.05, 3.63) is 36.5 Å². The van der Waals surface area contributed by atoms with Crippen molar-refractivity contribution in [2.75, 3.05) is 6.61 Å². The summed E-state index contributed by atoms with van der Waals surface area (Å²) in [6.45, 7) is 4.34. The predicted octanol–water partition coefficient (Wildman–Crippen LogP) is 22.4. The number of nitrogens with one attached hydrogen (secondary N) is 1. The van der Waals surface area contributed by atoms with E-state index in [-0.39, 0.29) is 12.5 Å². The van der Waals surface area contributed by atoms with E-state index in [2.05, 4.69) is 43.5 Å². The van der Waals surface area contributed by atoms with Crippen LogP contribution in [0.5, 0.6) is 0 Å². The molecule has 426 valence electrons. The Hall–Kier alpha value is -1.39. The normalized spacial score (nSPS) is 12.9. The minimum atomic E-state index is -0.840. The first kappa shape index (κ1) is 70.6. The minimum absolute atomic E-state index is 0.0572. The van der Waals surface area contributed by atoms with Gasteiger partial charge in [-0.3, -0.25) is 4.79 Å². The summed E-state index contributed by atoms with van der Waals surface area (Å²) in [5.74, 6) is -0.0572. The smallest absolute Gasteiger partial charge is 0.220 e. The van der Waals surface area contributed by atoms with Gasteiger partial charge in [-0.05, 0) is 51.4 Å². The van der Waals surface area contributed by atoms with Gasteiger partial charge in [0.15, 0.2) is 0 Å². The van der Waals surface area contributed by atoms with Gasteiger partial charge in [0.1, 0.15) is 0 Å². The lowest BCUT2D eigenvalue weighted by molar-refractivity contribution is -0.123. The van der Waals surface area contributed by atoms with Crippen LogP contribution in [0, 0.1) is 0 Å². The molecule has 2 atom stereocenters. The van der Waals surface area contributed by atoms with Crippen LogP contribution >= 0.6 is 0 Å². The summed E-state index contributed by atoms with van der Waals surface area (Å²) in [4.78, 5) is 12.5. The number of hydrogen-bond donors (Lipinski definition) is 3. The Kier molecular flexibility index (Phi) is 62.7. The van der Waals surface area contributed by atoms with Crippen molar-refractivity contribution in [1.29, 1.82) is 0 Å². The second kappa shape index (κ2) is 63.9. The van der Waals surface area contributed by atoms with E-state index in [0.29, 0.717) is 6.42 Å². The Morgan fingerprint density at radius 1 is 0.333 bits per heavy atom. The second-order valence-electron chi connectivity index (χ2n) is 22.9. The largest absolute Gasteiger partial charge is 0.394 e. The molecular weight excluding hydrogens is 879 g/mol. The summed E-state index contributed by atoms with van der Waals surface area (Å²) >= 11 is 0. The van der Waals surface area contributed by atoms with Gasteiger partial charge in [-0.1, -0.05) is 352 Å². The number of allylic oxidation sites excluding steroid dienone is 5. The molecule has 0 bridgehead atoms. The Balaban J connectivity index is 3.43. The van der Waals surface area contributed by atoms with Gasteiger partial charge in [0.2, 0.25) is 5.91 Å².